The Bertz CT molecular complexity index is 4240. The number of hydrogen-bond acceptors (Lipinski definition) is 19. The Morgan fingerprint density at radius 3 is 1.90 bits per heavy atom. The second kappa shape index (κ2) is 25.9. The van der Waals surface area contributed by atoms with Gasteiger partial charge in [0.05, 0.1) is 58.7 Å². The molecular formula is C56H64ClN3O22S5. The Labute approximate surface area is 508 Å². The first-order valence-electron chi connectivity index (χ1n) is 27.3. The van der Waals surface area contributed by atoms with Crippen LogP contribution in [0.4, 0.5) is 11.4 Å². The Balaban J connectivity index is 1.27. The highest BCUT2D eigenvalue weighted by atomic mass is 35.5. The molecule has 472 valence electrons. The van der Waals surface area contributed by atoms with Crippen molar-refractivity contribution in [1.82, 2.24) is 5.06 Å². The number of nitrogens with zero attached hydrogens (tertiary/aromatic N) is 3. The maximum Gasteiger partial charge on any atom is 0.333 e. The molecule has 4 aromatic carbocycles. The minimum Gasteiger partial charge on any atom is -0.744 e. The zero-order valence-corrected chi connectivity index (χ0v) is 52.4. The number of benzene rings is 4. The van der Waals surface area contributed by atoms with E-state index in [1.807, 2.05) is 4.90 Å². The van der Waals surface area contributed by atoms with Crippen molar-refractivity contribution in [3.63, 3.8) is 0 Å². The number of carbonyl (C=O) groups is 3. The van der Waals surface area contributed by atoms with Crippen LogP contribution in [-0.2, 0) is 94.9 Å². The lowest BCUT2D eigenvalue weighted by molar-refractivity contribution is -0.438. The van der Waals surface area contributed by atoms with Crippen LogP contribution in [0.1, 0.15) is 96.1 Å². The number of methoxy groups -OCH3 is 1. The number of rotatable bonds is 26. The number of fused-ring (bicyclic) bond motifs is 6. The number of anilines is 1. The summed E-state index contributed by atoms with van der Waals surface area (Å²) in [6, 6.07) is 9.14. The maximum absolute atomic E-state index is 13.2. The topological polar surface area (TPSA) is 372 Å². The van der Waals surface area contributed by atoms with Gasteiger partial charge in [0.1, 0.15) is 21.6 Å². The summed E-state index contributed by atoms with van der Waals surface area (Å²) in [6.45, 7) is 6.49. The van der Waals surface area contributed by atoms with Gasteiger partial charge in [0, 0.05) is 89.8 Å². The predicted octanol–water partition coefficient (Wildman–Crippen LogP) is 6.96. The SMILES string of the molecule is CCN1C(=CC=C2CCCC(C=CC3=[N+](CCCC(=O)ON4C(=O)CCC4=O)c4ccc5c(S(=O)(=O)[O-])cc(S(=O)(=O)O)cc5c4C3(C)CCOCCOCCOC)=C2Cl)C(C)(CCCS(=O)(=O)O)c2c1ccc1c(S(=O)(=O)O)cc(S(=O)(=O)O)cc21. The third kappa shape index (κ3) is 14.4. The monoisotopic (exact) mass is 1330 g/mol. The fourth-order valence-corrected chi connectivity index (χ4v) is 15.4. The summed E-state index contributed by atoms with van der Waals surface area (Å²) in [5.41, 5.74) is 1.10. The zero-order valence-electron chi connectivity index (χ0n) is 47.6. The van der Waals surface area contributed by atoms with Crippen LogP contribution >= 0.6 is 11.6 Å². The van der Waals surface area contributed by atoms with Gasteiger partial charge in [-0.15, -0.1) is 5.06 Å². The van der Waals surface area contributed by atoms with Crippen LogP contribution in [0.5, 0.6) is 0 Å². The lowest BCUT2D eigenvalue weighted by atomic mass is 9.74. The van der Waals surface area contributed by atoms with E-state index >= 15 is 0 Å². The van der Waals surface area contributed by atoms with Gasteiger partial charge in [0.25, 0.3) is 52.3 Å². The van der Waals surface area contributed by atoms with Gasteiger partial charge in [0.15, 0.2) is 5.71 Å². The molecule has 1 saturated heterocycles. The molecule has 0 radical (unpaired) electrons. The largest absolute Gasteiger partial charge is 0.744 e. The lowest BCUT2D eigenvalue weighted by Crippen LogP contribution is -2.34. The summed E-state index contributed by atoms with van der Waals surface area (Å²) in [7, 11) is -23.7. The van der Waals surface area contributed by atoms with E-state index in [1.165, 1.54) is 25.3 Å². The molecule has 3 heterocycles. The molecule has 1 fully saturated rings. The molecule has 3 aliphatic heterocycles. The minimum atomic E-state index is -5.40. The van der Waals surface area contributed by atoms with Crippen LogP contribution in [0.3, 0.4) is 0 Å². The van der Waals surface area contributed by atoms with E-state index in [9.17, 15) is 79.2 Å². The molecular weight excluding hydrogens is 1260 g/mol. The van der Waals surface area contributed by atoms with Crippen LogP contribution in [0.15, 0.2) is 114 Å². The van der Waals surface area contributed by atoms with Gasteiger partial charge in [-0.1, -0.05) is 29.8 Å². The van der Waals surface area contributed by atoms with Gasteiger partial charge >= 0.3 is 5.97 Å². The molecule has 1 aliphatic carbocycles. The van der Waals surface area contributed by atoms with Crippen molar-refractivity contribution in [3.05, 3.63) is 106 Å². The third-order valence-electron chi connectivity index (χ3n) is 15.9. The predicted molar refractivity (Wildman–Crippen MR) is 315 cm³/mol. The number of carbonyl (C=O) groups excluding carboxylic acids is 3. The molecule has 2 atom stereocenters. The first kappa shape index (κ1) is 67.1. The molecule has 8 rings (SSSR count). The van der Waals surface area contributed by atoms with E-state index in [1.54, 1.807) is 55.7 Å². The number of hydroxylamine groups is 2. The summed E-state index contributed by atoms with van der Waals surface area (Å²) in [5, 5.41) is 0.433. The molecule has 0 spiro atoms. The van der Waals surface area contributed by atoms with Crippen molar-refractivity contribution in [1.29, 1.82) is 0 Å². The summed E-state index contributed by atoms with van der Waals surface area (Å²) in [6.07, 6.45) is 7.72. The molecule has 25 nitrogen and oxygen atoms in total. The fraction of sp³-hybridized carbons (Fsp3) is 0.429. The molecule has 2 amide bonds. The second-order valence-corrected chi connectivity index (χ2v) is 29.1. The average Bonchev–Trinajstić information content (AvgIpc) is 1.62. The normalized spacial score (nSPS) is 20.6. The van der Waals surface area contributed by atoms with Gasteiger partial charge in [-0.25, -0.2) is 13.2 Å². The number of amides is 2. The molecule has 87 heavy (non-hydrogen) atoms. The standard InChI is InChI=1S/C56H64ClN3O22S5/c1-5-58-43-16-14-39-41(31-37(84(67,68)69)33-45(39)86(73,74)75)52(43)55(2,22-8-30-83(64,65)66)47(58)18-12-35-9-6-10-36(54(35)57)13-19-48-56(3,23-25-80-28-29-81-27-26-79-4)53-42-32-38(85(70,71)72)34-46(87(76,77)78)40(42)15-17-44(53)59(48)24-7-11-51(63)82-60-49(61)20-21-50(60)62/h12-19,31-34H,5-11,20-30H2,1-4H3,(H4-,64,65,66,67,68,69,70,71,72,73,74,75,76,77,78). The van der Waals surface area contributed by atoms with Crippen molar-refractivity contribution in [2.24, 2.45) is 0 Å². The van der Waals surface area contributed by atoms with E-state index < -0.39 is 105 Å². The molecule has 31 heteroatoms. The Kier molecular flexibility index (Phi) is 20.0. The van der Waals surface area contributed by atoms with Gasteiger partial charge in [0.2, 0.25) is 5.69 Å². The fourth-order valence-electron chi connectivity index (χ4n) is 11.9. The van der Waals surface area contributed by atoms with Crippen LogP contribution < -0.4 is 4.90 Å². The van der Waals surface area contributed by atoms with Gasteiger partial charge in [-0.05, 0) is 129 Å². The maximum atomic E-state index is 13.2. The highest BCUT2D eigenvalue weighted by molar-refractivity contribution is 7.87. The number of imide groups is 1. The van der Waals surface area contributed by atoms with E-state index in [0.717, 1.165) is 12.1 Å². The smallest absolute Gasteiger partial charge is 0.333 e. The summed E-state index contributed by atoms with van der Waals surface area (Å²) in [5.74, 6) is -2.95. The van der Waals surface area contributed by atoms with E-state index in [4.69, 9.17) is 30.6 Å². The van der Waals surface area contributed by atoms with Gasteiger partial charge < -0.3 is 28.5 Å². The Morgan fingerprint density at radius 2 is 1.30 bits per heavy atom. The molecule has 4 aliphatic rings. The highest BCUT2D eigenvalue weighted by Gasteiger charge is 2.50. The number of ether oxygens (including phenoxy) is 3. The van der Waals surface area contributed by atoms with Crippen molar-refractivity contribution in [3.8, 4) is 0 Å². The molecule has 0 bridgehead atoms. The van der Waals surface area contributed by atoms with Crippen molar-refractivity contribution in [2.75, 3.05) is 63.9 Å². The quantitative estimate of drug-likeness (QED) is 0.0213. The first-order valence-corrected chi connectivity index (χ1v) is 35.0. The summed E-state index contributed by atoms with van der Waals surface area (Å²) in [4.78, 5) is 41.4. The van der Waals surface area contributed by atoms with E-state index in [-0.39, 0.29) is 106 Å². The van der Waals surface area contributed by atoms with Crippen LogP contribution in [0, 0.1) is 0 Å². The van der Waals surface area contributed by atoms with Crippen molar-refractivity contribution in [2.45, 2.75) is 115 Å². The zero-order chi connectivity index (χ0) is 63.8. The Hall–Kier alpha value is -5.84. The number of halogens is 1. The summed E-state index contributed by atoms with van der Waals surface area (Å²) < 4.78 is 199. The number of hydrogen-bond donors (Lipinski definition) is 4. The number of allylic oxidation sites excluding steroid dienone is 8. The van der Waals surface area contributed by atoms with Gasteiger partial charge in [-0.3, -0.25) is 27.8 Å². The molecule has 0 aromatic heterocycles. The van der Waals surface area contributed by atoms with Crippen LogP contribution in [0.25, 0.3) is 21.5 Å². The van der Waals surface area contributed by atoms with Crippen molar-refractivity contribution < 1.29 is 103 Å². The van der Waals surface area contributed by atoms with E-state index in [0.29, 0.717) is 93.2 Å². The molecule has 4 aromatic rings. The lowest BCUT2D eigenvalue weighted by Gasteiger charge is -2.30. The Morgan fingerprint density at radius 1 is 0.701 bits per heavy atom. The van der Waals surface area contributed by atoms with Crippen LogP contribution in [-0.4, -0.2) is 157 Å². The minimum absolute atomic E-state index is 0.00196. The van der Waals surface area contributed by atoms with Crippen LogP contribution in [0.2, 0.25) is 0 Å². The molecule has 4 N–H and O–H groups in total. The van der Waals surface area contributed by atoms with Crippen molar-refractivity contribution >= 4 is 119 Å². The highest BCUT2D eigenvalue weighted by Crippen LogP contribution is 2.55. The first-order chi connectivity index (χ1) is 40.6. The summed E-state index contributed by atoms with van der Waals surface area (Å²) >= 11 is 7.38. The average molecular weight is 1330 g/mol. The third-order valence-corrected chi connectivity index (χ3v) is 20.6. The number of likely N-dealkylation sites (N-methyl/N-ethyl adjacent to an activating group) is 1. The molecule has 2 unspecified atom stereocenters. The van der Waals surface area contributed by atoms with Gasteiger partial charge in [-0.2, -0.15) is 38.2 Å². The van der Waals surface area contributed by atoms with E-state index in [2.05, 4.69) is 0 Å². The second-order valence-electron chi connectivity index (χ2n) is 21.6. The molecule has 0 saturated carbocycles.